The van der Waals surface area contributed by atoms with Gasteiger partial charge in [0.15, 0.2) is 0 Å². The summed E-state index contributed by atoms with van der Waals surface area (Å²) in [5, 5.41) is 9.53. The van der Waals surface area contributed by atoms with E-state index in [1.807, 2.05) is 0 Å². The molecule has 25 heavy (non-hydrogen) atoms. The first-order valence-electron chi connectivity index (χ1n) is 6.38. The number of nitrogen functional groups attached to an aromatic ring is 1. The maximum Gasteiger partial charge on any atom is 0.497 e. The topological polar surface area (TPSA) is 130 Å². The van der Waals surface area contributed by atoms with Gasteiger partial charge in [-0.3, -0.25) is 0 Å². The standard InChI is InChI=1S/C11H10F3N5O4S2/c12-11(13,14)25(21,22)5-4-23-10(20)24-9-16-17-18-19(9)8-3-1-2-7(15)6-8/h1-3,6H,4-5,15H2. The number of ether oxygens (including phenoxy) is 1. The molecule has 1 heterocycles. The molecule has 0 aliphatic carbocycles. The Hall–Kier alpha value is -2.35. The fraction of sp³-hybridized carbons (Fsp3) is 0.273. The molecule has 0 bridgehead atoms. The molecule has 1 aromatic heterocycles. The summed E-state index contributed by atoms with van der Waals surface area (Å²) < 4.78 is 63.8. The lowest BCUT2D eigenvalue weighted by atomic mass is 10.3. The molecule has 0 saturated carbocycles. The summed E-state index contributed by atoms with van der Waals surface area (Å²) in [7, 11) is -5.36. The van der Waals surface area contributed by atoms with E-state index in [9.17, 15) is 26.4 Å². The molecule has 2 aromatic rings. The highest BCUT2D eigenvalue weighted by Gasteiger charge is 2.45. The second-order valence-corrected chi connectivity index (χ2v) is 7.44. The van der Waals surface area contributed by atoms with Crippen molar-refractivity contribution in [3.8, 4) is 5.69 Å². The van der Waals surface area contributed by atoms with Gasteiger partial charge in [-0.25, -0.2) is 13.2 Å². The van der Waals surface area contributed by atoms with Crippen LogP contribution < -0.4 is 5.73 Å². The third-order valence-corrected chi connectivity index (χ3v) is 4.79. The van der Waals surface area contributed by atoms with Crippen LogP contribution in [-0.4, -0.2) is 51.8 Å². The van der Waals surface area contributed by atoms with Gasteiger partial charge in [-0.2, -0.15) is 17.9 Å². The van der Waals surface area contributed by atoms with Gasteiger partial charge in [0.05, 0.1) is 11.4 Å². The molecule has 14 heteroatoms. The van der Waals surface area contributed by atoms with Crippen molar-refractivity contribution < 1.29 is 31.1 Å². The molecular weight excluding hydrogens is 387 g/mol. The minimum Gasteiger partial charge on any atom is -0.456 e. The molecule has 0 atom stereocenters. The normalized spacial score (nSPS) is 12.1. The first kappa shape index (κ1) is 19.0. The highest BCUT2D eigenvalue weighted by atomic mass is 32.2. The van der Waals surface area contributed by atoms with Gasteiger partial charge in [0.1, 0.15) is 6.61 Å². The predicted molar refractivity (Wildman–Crippen MR) is 80.6 cm³/mol. The summed E-state index contributed by atoms with van der Waals surface area (Å²) in [5.41, 5.74) is 1.09. The molecule has 0 aliphatic rings. The SMILES string of the molecule is Nc1cccc(-n2nnnc2SC(=O)OCCS(=O)(=O)C(F)(F)F)c1. The van der Waals surface area contributed by atoms with Crippen LogP contribution in [0.3, 0.4) is 0 Å². The van der Waals surface area contributed by atoms with Gasteiger partial charge in [-0.05, 0) is 28.6 Å². The number of tetrazole rings is 1. The van der Waals surface area contributed by atoms with Crippen LogP contribution in [0.5, 0.6) is 0 Å². The number of hydrogen-bond acceptors (Lipinski definition) is 9. The Morgan fingerprint density at radius 1 is 1.36 bits per heavy atom. The Kier molecular flexibility index (Phi) is 5.52. The monoisotopic (exact) mass is 397 g/mol. The summed E-state index contributed by atoms with van der Waals surface area (Å²) in [5.74, 6) is -1.37. The van der Waals surface area contributed by atoms with E-state index in [4.69, 9.17) is 5.73 Å². The summed E-state index contributed by atoms with van der Waals surface area (Å²) in [6.07, 6.45) is 0. The zero-order chi connectivity index (χ0) is 18.7. The number of nitrogens with zero attached hydrogens (tertiary/aromatic N) is 4. The molecule has 0 radical (unpaired) electrons. The molecule has 9 nitrogen and oxygen atoms in total. The number of thioether (sulfide) groups is 1. The average Bonchev–Trinajstić information content (AvgIpc) is 2.94. The van der Waals surface area contributed by atoms with E-state index in [2.05, 4.69) is 20.3 Å². The molecule has 1 aromatic carbocycles. The lowest BCUT2D eigenvalue weighted by Gasteiger charge is -2.08. The average molecular weight is 397 g/mol. The number of rotatable bonds is 5. The van der Waals surface area contributed by atoms with Crippen LogP contribution in [-0.2, 0) is 14.6 Å². The quantitative estimate of drug-likeness (QED) is 0.452. The molecule has 0 spiro atoms. The minimum absolute atomic E-state index is 0.0331. The number of aromatic nitrogens is 4. The van der Waals surface area contributed by atoms with E-state index in [1.54, 1.807) is 18.2 Å². The molecule has 0 unspecified atom stereocenters. The number of anilines is 1. The molecule has 0 amide bonds. The minimum atomic E-state index is -5.40. The molecule has 2 rings (SSSR count). The number of halogens is 3. The zero-order valence-electron chi connectivity index (χ0n) is 12.2. The van der Waals surface area contributed by atoms with Gasteiger partial charge in [-0.15, -0.1) is 5.10 Å². The van der Waals surface area contributed by atoms with Crippen molar-refractivity contribution in [3.63, 3.8) is 0 Å². The summed E-state index contributed by atoms with van der Waals surface area (Å²) in [6.45, 7) is -0.951. The van der Waals surface area contributed by atoms with Crippen LogP contribution in [0.1, 0.15) is 0 Å². The van der Waals surface area contributed by atoms with Crippen LogP contribution >= 0.6 is 11.8 Å². The zero-order valence-corrected chi connectivity index (χ0v) is 13.8. The number of alkyl halides is 3. The van der Waals surface area contributed by atoms with E-state index in [0.29, 0.717) is 23.1 Å². The van der Waals surface area contributed by atoms with E-state index < -0.39 is 33.0 Å². The van der Waals surface area contributed by atoms with Crippen LogP contribution in [0, 0.1) is 0 Å². The first-order chi connectivity index (χ1) is 11.6. The van der Waals surface area contributed by atoms with Gasteiger partial charge in [0.25, 0.3) is 9.84 Å². The molecule has 2 N–H and O–H groups in total. The lowest BCUT2D eigenvalue weighted by Crippen LogP contribution is -2.28. The summed E-state index contributed by atoms with van der Waals surface area (Å²) in [4.78, 5) is 11.6. The number of hydrogen-bond donors (Lipinski definition) is 1. The maximum atomic E-state index is 12.2. The Labute approximate surface area is 143 Å². The maximum absolute atomic E-state index is 12.2. The van der Waals surface area contributed by atoms with Crippen molar-refractivity contribution in [2.75, 3.05) is 18.1 Å². The molecular formula is C11H10F3N5O4S2. The highest BCUT2D eigenvalue weighted by Crippen LogP contribution is 2.24. The van der Waals surface area contributed by atoms with Gasteiger partial charge in [0.2, 0.25) is 5.16 Å². The van der Waals surface area contributed by atoms with E-state index in [0.717, 1.165) is 4.68 Å². The summed E-state index contributed by atoms with van der Waals surface area (Å²) in [6, 6.07) is 6.39. The second-order valence-electron chi connectivity index (χ2n) is 4.43. The second kappa shape index (κ2) is 7.26. The van der Waals surface area contributed by atoms with Crippen LogP contribution in [0.25, 0.3) is 5.69 Å². The van der Waals surface area contributed by atoms with Crippen molar-refractivity contribution in [2.24, 2.45) is 0 Å². The predicted octanol–water partition coefficient (Wildman–Crippen LogP) is 1.41. The van der Waals surface area contributed by atoms with Crippen molar-refractivity contribution in [1.82, 2.24) is 20.2 Å². The van der Waals surface area contributed by atoms with Gasteiger partial charge in [0, 0.05) is 17.4 Å². The first-order valence-corrected chi connectivity index (χ1v) is 8.85. The van der Waals surface area contributed by atoms with Gasteiger partial charge >= 0.3 is 10.8 Å². The van der Waals surface area contributed by atoms with Crippen LogP contribution in [0.4, 0.5) is 23.7 Å². The fourth-order valence-corrected chi connectivity index (χ4v) is 2.65. The third kappa shape index (κ3) is 4.82. The number of benzene rings is 1. The Balaban J connectivity index is 1.98. The third-order valence-electron chi connectivity index (χ3n) is 2.65. The largest absolute Gasteiger partial charge is 0.497 e. The van der Waals surface area contributed by atoms with Gasteiger partial charge < -0.3 is 10.5 Å². The van der Waals surface area contributed by atoms with E-state index >= 15 is 0 Å². The number of carbonyl (C=O) groups excluding carboxylic acids is 1. The van der Waals surface area contributed by atoms with Crippen molar-refractivity contribution >= 4 is 32.6 Å². The smallest absolute Gasteiger partial charge is 0.456 e. The molecule has 0 fully saturated rings. The lowest BCUT2D eigenvalue weighted by molar-refractivity contribution is -0.0438. The fourth-order valence-electron chi connectivity index (χ4n) is 1.52. The summed E-state index contributed by atoms with van der Waals surface area (Å²) >= 11 is 0.384. The Bertz CT molecular complexity index is 869. The number of sulfone groups is 1. The van der Waals surface area contributed by atoms with Crippen molar-refractivity contribution in [2.45, 2.75) is 10.7 Å². The van der Waals surface area contributed by atoms with E-state index in [1.165, 1.54) is 6.07 Å². The highest BCUT2D eigenvalue weighted by molar-refractivity contribution is 8.13. The number of carbonyl (C=O) groups is 1. The van der Waals surface area contributed by atoms with Crippen molar-refractivity contribution in [3.05, 3.63) is 24.3 Å². The Morgan fingerprint density at radius 3 is 2.72 bits per heavy atom. The molecule has 136 valence electrons. The number of nitrogens with two attached hydrogens (primary N) is 1. The van der Waals surface area contributed by atoms with Crippen molar-refractivity contribution in [1.29, 1.82) is 0 Å². The Morgan fingerprint density at radius 2 is 2.08 bits per heavy atom. The van der Waals surface area contributed by atoms with E-state index in [-0.39, 0.29) is 5.16 Å². The molecule has 0 saturated heterocycles. The van der Waals surface area contributed by atoms with Crippen LogP contribution in [0.2, 0.25) is 0 Å². The molecule has 0 aliphatic heterocycles. The van der Waals surface area contributed by atoms with Crippen LogP contribution in [0.15, 0.2) is 29.4 Å². The van der Waals surface area contributed by atoms with Gasteiger partial charge in [-0.1, -0.05) is 6.07 Å².